The van der Waals surface area contributed by atoms with Gasteiger partial charge in [-0.15, -0.1) is 0 Å². The molecule has 0 bridgehead atoms. The second kappa shape index (κ2) is 6.85. The summed E-state index contributed by atoms with van der Waals surface area (Å²) in [7, 11) is 0. The van der Waals surface area contributed by atoms with Crippen molar-refractivity contribution in [3.05, 3.63) is 12.4 Å². The van der Waals surface area contributed by atoms with Crippen LogP contribution in [0.25, 0.3) is 0 Å². The maximum atomic E-state index is 5.60. The van der Waals surface area contributed by atoms with Crippen LogP contribution in [0.4, 0.5) is 0 Å². The summed E-state index contributed by atoms with van der Waals surface area (Å²) in [5.74, 6) is 0. The molecule has 0 aliphatic carbocycles. The molecule has 0 N–H and O–H groups in total. The predicted molar refractivity (Wildman–Crippen MR) is 77.8 cm³/mol. The number of nitrogens with zero attached hydrogens (tertiary/aromatic N) is 3. The zero-order valence-electron chi connectivity index (χ0n) is 12.1. The summed E-state index contributed by atoms with van der Waals surface area (Å²) in [4.78, 5) is 18.0. The minimum absolute atomic E-state index is 0.493. The summed E-state index contributed by atoms with van der Waals surface area (Å²) in [6.07, 6.45) is 3.88. The van der Waals surface area contributed by atoms with Crippen molar-refractivity contribution in [2.24, 2.45) is 0 Å². The van der Waals surface area contributed by atoms with Crippen LogP contribution < -0.4 is 8.32 Å². The Balaban J connectivity index is 1.76. The number of ether oxygens (including phenoxy) is 2. The van der Waals surface area contributed by atoms with Crippen molar-refractivity contribution in [1.29, 1.82) is 0 Å². The molecule has 106 valence electrons. The van der Waals surface area contributed by atoms with Crippen molar-refractivity contribution in [2.75, 3.05) is 39.5 Å². The molecule has 1 aromatic heterocycles. The molecule has 0 unspecified atom stereocenters. The fourth-order valence-electron chi connectivity index (χ4n) is 1.87. The number of rotatable bonds is 5. The van der Waals surface area contributed by atoms with Gasteiger partial charge in [0, 0.05) is 0 Å². The van der Waals surface area contributed by atoms with Gasteiger partial charge in [0.1, 0.15) is 0 Å². The molecule has 6 heteroatoms. The molecular weight excluding hydrogens is 349 g/mol. The van der Waals surface area contributed by atoms with E-state index in [1.165, 1.54) is 3.58 Å². The molecule has 1 fully saturated rings. The van der Waals surface area contributed by atoms with Crippen molar-refractivity contribution in [3.63, 3.8) is 0 Å². The summed E-state index contributed by atoms with van der Waals surface area (Å²) in [5.41, 5.74) is 0. The van der Waals surface area contributed by atoms with Gasteiger partial charge in [0.2, 0.25) is 0 Å². The van der Waals surface area contributed by atoms with E-state index in [-0.39, 0.29) is 0 Å². The second-order valence-electron chi connectivity index (χ2n) is 5.81. The van der Waals surface area contributed by atoms with Crippen LogP contribution in [0.5, 0.6) is 6.01 Å². The maximum absolute atomic E-state index is 5.60. The zero-order chi connectivity index (χ0) is 13.7. The fourth-order valence-corrected chi connectivity index (χ4v) is 4.45. The Morgan fingerprint density at radius 1 is 1.21 bits per heavy atom. The fraction of sp³-hybridized carbons (Fsp3) is 0.692. The van der Waals surface area contributed by atoms with Gasteiger partial charge >= 0.3 is 119 Å². The van der Waals surface area contributed by atoms with Crippen LogP contribution in [0.15, 0.2) is 12.4 Å². The van der Waals surface area contributed by atoms with Crippen LogP contribution in [0.1, 0.15) is 0 Å². The molecule has 1 saturated heterocycles. The Hall–Kier alpha value is -0.401. The summed E-state index contributed by atoms with van der Waals surface area (Å²) >= 11 is -2.03. The topological polar surface area (TPSA) is 47.5 Å². The van der Waals surface area contributed by atoms with Crippen LogP contribution >= 0.6 is 0 Å². The van der Waals surface area contributed by atoms with Crippen molar-refractivity contribution in [2.45, 2.75) is 14.8 Å². The molecule has 0 amide bonds. The van der Waals surface area contributed by atoms with E-state index in [9.17, 15) is 0 Å². The van der Waals surface area contributed by atoms with Crippen LogP contribution in [-0.4, -0.2) is 72.7 Å². The Kier molecular flexibility index (Phi) is 5.41. The van der Waals surface area contributed by atoms with E-state index in [4.69, 9.17) is 9.47 Å². The van der Waals surface area contributed by atoms with Gasteiger partial charge in [-0.1, -0.05) is 0 Å². The molecule has 2 heterocycles. The second-order valence-corrected chi connectivity index (χ2v) is 20.3. The van der Waals surface area contributed by atoms with Gasteiger partial charge in [0.25, 0.3) is 0 Å². The summed E-state index contributed by atoms with van der Waals surface area (Å²) < 4.78 is 12.2. The van der Waals surface area contributed by atoms with Gasteiger partial charge in [-0.05, 0) is 0 Å². The molecule has 0 aromatic carbocycles. The molecule has 0 radical (unpaired) electrons. The third-order valence-electron chi connectivity index (χ3n) is 3.24. The van der Waals surface area contributed by atoms with Gasteiger partial charge in [0.05, 0.1) is 0 Å². The molecule has 1 aliphatic rings. The molecule has 1 aliphatic heterocycles. The minimum atomic E-state index is -2.03. The molecule has 19 heavy (non-hydrogen) atoms. The van der Waals surface area contributed by atoms with E-state index in [0.717, 1.165) is 32.8 Å². The van der Waals surface area contributed by atoms with Crippen molar-refractivity contribution >= 4 is 22.0 Å². The van der Waals surface area contributed by atoms with Gasteiger partial charge in [-0.3, -0.25) is 0 Å². The first-order chi connectivity index (χ1) is 9.05. The summed E-state index contributed by atoms with van der Waals surface area (Å²) in [6, 6.07) is 0.493. The number of morpholine rings is 1. The first kappa shape index (κ1) is 15.0. The predicted octanol–water partition coefficient (Wildman–Crippen LogP) is 0.733. The average molecular weight is 372 g/mol. The normalized spacial score (nSPS) is 17.4. The Morgan fingerprint density at radius 2 is 1.84 bits per heavy atom. The molecule has 0 saturated carbocycles. The Morgan fingerprint density at radius 3 is 2.42 bits per heavy atom. The molecule has 0 spiro atoms. The first-order valence-electron chi connectivity index (χ1n) is 6.81. The molecule has 2 rings (SSSR count). The van der Waals surface area contributed by atoms with E-state index < -0.39 is 18.4 Å². The zero-order valence-corrected chi connectivity index (χ0v) is 14.9. The number of hydrogen-bond acceptors (Lipinski definition) is 5. The van der Waals surface area contributed by atoms with Gasteiger partial charge in [-0.2, -0.15) is 0 Å². The van der Waals surface area contributed by atoms with Crippen molar-refractivity contribution < 1.29 is 9.47 Å². The van der Waals surface area contributed by atoms with Crippen LogP contribution in [0, 0.1) is 0 Å². The quantitative estimate of drug-likeness (QED) is 0.714. The van der Waals surface area contributed by atoms with E-state index in [0.29, 0.717) is 12.6 Å². The third kappa shape index (κ3) is 4.89. The van der Waals surface area contributed by atoms with Crippen LogP contribution in [0.2, 0.25) is 14.8 Å². The summed E-state index contributed by atoms with van der Waals surface area (Å²) in [5, 5.41) is 0. The van der Waals surface area contributed by atoms with E-state index in [1.807, 2.05) is 12.4 Å². The van der Waals surface area contributed by atoms with Crippen molar-refractivity contribution in [3.8, 4) is 6.01 Å². The van der Waals surface area contributed by atoms with Gasteiger partial charge in [-0.25, -0.2) is 0 Å². The number of aromatic nitrogens is 2. The number of hydrogen-bond donors (Lipinski definition) is 0. The average Bonchev–Trinajstić information content (AvgIpc) is 2.39. The standard InChI is InChI=1S/C10H14N3O2.3CH3.Sn/c1-2-11-10(12-3-1)15-9-6-13-4-7-14-8-5-13;;;;/h2-3H,4-9H2;3*1H3;. The molecule has 0 atom stereocenters. The third-order valence-corrected chi connectivity index (χ3v) is 8.92. The van der Waals surface area contributed by atoms with Crippen molar-refractivity contribution in [1.82, 2.24) is 14.9 Å². The van der Waals surface area contributed by atoms with Gasteiger partial charge < -0.3 is 0 Å². The Labute approximate surface area is 119 Å². The van der Waals surface area contributed by atoms with Crippen LogP contribution in [0.3, 0.4) is 0 Å². The SMILES string of the molecule is [CH3][Sn]([CH3])([CH3])[c]1cnc(OCCN2CCOCC2)nc1. The van der Waals surface area contributed by atoms with Gasteiger partial charge in [0.15, 0.2) is 0 Å². The first-order valence-corrected chi connectivity index (χ1v) is 16.8. The van der Waals surface area contributed by atoms with Crippen LogP contribution in [-0.2, 0) is 4.74 Å². The molecule has 1 aromatic rings. The summed E-state index contributed by atoms with van der Waals surface area (Å²) in [6.45, 7) is 5.17. The van der Waals surface area contributed by atoms with E-state index in [1.54, 1.807) is 0 Å². The Bertz CT molecular complexity index is 386. The molecule has 5 nitrogen and oxygen atoms in total. The van der Waals surface area contributed by atoms with E-state index >= 15 is 0 Å². The monoisotopic (exact) mass is 373 g/mol. The molecular formula is C13H23N3O2Sn. The van der Waals surface area contributed by atoms with E-state index in [2.05, 4.69) is 29.7 Å².